The van der Waals surface area contributed by atoms with Crippen LogP contribution in [0.1, 0.15) is 22.1 Å². The molecule has 0 saturated heterocycles. The van der Waals surface area contributed by atoms with Crippen LogP contribution in [-0.2, 0) is 4.79 Å². The number of hydrogen-bond acceptors (Lipinski definition) is 4. The van der Waals surface area contributed by atoms with Gasteiger partial charge >= 0.3 is 0 Å². The molecule has 1 atom stereocenters. The minimum atomic E-state index is -0.0552. The molecule has 3 rings (SSSR count). The molecule has 0 saturated carbocycles. The van der Waals surface area contributed by atoms with Gasteiger partial charge in [-0.05, 0) is 24.6 Å². The lowest BCUT2D eigenvalue weighted by Gasteiger charge is -2.15. The smallest absolute Gasteiger partial charge is 0.235 e. The third-order valence-corrected chi connectivity index (χ3v) is 4.34. The topological polar surface area (TPSA) is 78.0 Å². The highest BCUT2D eigenvalue weighted by molar-refractivity contribution is 8.00. The minimum Gasteiger partial charge on any atom is -0.508 e. The van der Waals surface area contributed by atoms with Crippen molar-refractivity contribution in [3.8, 4) is 5.75 Å². The predicted octanol–water partition coefficient (Wildman–Crippen LogP) is 2.20. The summed E-state index contributed by atoms with van der Waals surface area (Å²) < 4.78 is 0. The number of H-pyrrole nitrogens is 1. The largest absolute Gasteiger partial charge is 0.508 e. The van der Waals surface area contributed by atoms with Crippen molar-refractivity contribution >= 4 is 23.5 Å². The zero-order chi connectivity index (χ0) is 13.4. The van der Waals surface area contributed by atoms with Crippen LogP contribution in [0.4, 0.5) is 5.82 Å². The van der Waals surface area contributed by atoms with Gasteiger partial charge in [-0.25, -0.2) is 0 Å². The SMILES string of the molecule is Cc1[nH]nc2c1[C@@H](c1cccc(O)c1)SCC(=O)N2. The number of thioether (sulfide) groups is 1. The van der Waals surface area contributed by atoms with Gasteiger partial charge in [0.1, 0.15) is 5.75 Å². The van der Waals surface area contributed by atoms with E-state index in [9.17, 15) is 9.90 Å². The second-order valence-corrected chi connectivity index (χ2v) is 5.54. The standard InChI is InChI=1S/C13H13N3O2S/c1-7-11-12(8-3-2-4-9(17)5-8)19-6-10(18)14-13(11)16-15-7/h2-5,12,17H,6H2,1H3,(H2,14,15,16,18)/t12-/m1/s1. The number of aryl methyl sites for hydroxylation is 1. The van der Waals surface area contributed by atoms with Gasteiger partial charge in [0.05, 0.1) is 11.0 Å². The third kappa shape index (κ3) is 2.19. The second-order valence-electron chi connectivity index (χ2n) is 4.45. The van der Waals surface area contributed by atoms with Gasteiger partial charge in [-0.1, -0.05) is 12.1 Å². The van der Waals surface area contributed by atoms with Crippen LogP contribution in [0.3, 0.4) is 0 Å². The lowest BCUT2D eigenvalue weighted by atomic mass is 10.0. The Bertz CT molecular complexity index is 639. The van der Waals surface area contributed by atoms with E-state index in [-0.39, 0.29) is 16.9 Å². The first-order valence-electron chi connectivity index (χ1n) is 5.90. The molecule has 0 fully saturated rings. The van der Waals surface area contributed by atoms with Crippen molar-refractivity contribution in [2.75, 3.05) is 11.1 Å². The summed E-state index contributed by atoms with van der Waals surface area (Å²) in [6.07, 6.45) is 0. The molecule has 1 amide bonds. The van der Waals surface area contributed by atoms with E-state index in [1.165, 1.54) is 11.8 Å². The number of phenolic OH excluding ortho intramolecular Hbond substituents is 1. The summed E-state index contributed by atoms with van der Waals surface area (Å²) in [6.45, 7) is 1.93. The number of carbonyl (C=O) groups excluding carboxylic acids is 1. The summed E-state index contributed by atoms with van der Waals surface area (Å²) in [5, 5.41) is 19.4. The van der Waals surface area contributed by atoms with E-state index in [1.54, 1.807) is 18.2 Å². The van der Waals surface area contributed by atoms with Crippen LogP contribution in [0.15, 0.2) is 24.3 Å². The number of carbonyl (C=O) groups is 1. The van der Waals surface area contributed by atoms with Crippen LogP contribution >= 0.6 is 11.8 Å². The fourth-order valence-corrected chi connectivity index (χ4v) is 3.40. The quantitative estimate of drug-likeness (QED) is 0.745. The number of aromatic hydroxyl groups is 1. The molecule has 0 aliphatic carbocycles. The molecule has 2 heterocycles. The number of hydrogen-bond donors (Lipinski definition) is 3. The number of amides is 1. The van der Waals surface area contributed by atoms with Crippen LogP contribution in [0, 0.1) is 6.92 Å². The highest BCUT2D eigenvalue weighted by atomic mass is 32.2. The van der Waals surface area contributed by atoms with Crippen molar-refractivity contribution < 1.29 is 9.90 Å². The first-order valence-corrected chi connectivity index (χ1v) is 6.95. The number of benzene rings is 1. The zero-order valence-electron chi connectivity index (χ0n) is 10.3. The van der Waals surface area contributed by atoms with E-state index in [2.05, 4.69) is 15.5 Å². The summed E-state index contributed by atoms with van der Waals surface area (Å²) in [7, 11) is 0. The van der Waals surface area contributed by atoms with Crippen molar-refractivity contribution in [1.82, 2.24) is 10.2 Å². The minimum absolute atomic E-state index is 0.0141. The molecule has 1 aromatic heterocycles. The number of nitrogens with zero attached hydrogens (tertiary/aromatic N) is 1. The lowest BCUT2D eigenvalue weighted by Crippen LogP contribution is -2.12. The van der Waals surface area contributed by atoms with Crippen LogP contribution in [0.25, 0.3) is 0 Å². The van der Waals surface area contributed by atoms with E-state index in [1.807, 2.05) is 13.0 Å². The fraction of sp³-hybridized carbons (Fsp3) is 0.231. The Morgan fingerprint density at radius 1 is 1.47 bits per heavy atom. The number of phenols is 1. The molecule has 0 bridgehead atoms. The summed E-state index contributed by atoms with van der Waals surface area (Å²) in [6, 6.07) is 7.12. The first-order chi connectivity index (χ1) is 9.15. The third-order valence-electron chi connectivity index (χ3n) is 3.07. The number of anilines is 1. The van der Waals surface area contributed by atoms with E-state index in [4.69, 9.17) is 0 Å². The van der Waals surface area contributed by atoms with E-state index in [0.29, 0.717) is 11.6 Å². The Balaban J connectivity index is 2.11. The fourth-order valence-electron chi connectivity index (χ4n) is 2.22. The van der Waals surface area contributed by atoms with Gasteiger partial charge in [0, 0.05) is 11.3 Å². The number of aromatic amines is 1. The van der Waals surface area contributed by atoms with E-state index >= 15 is 0 Å². The van der Waals surface area contributed by atoms with Gasteiger partial charge in [-0.15, -0.1) is 11.8 Å². The van der Waals surface area contributed by atoms with Crippen LogP contribution in [0.5, 0.6) is 5.75 Å². The van der Waals surface area contributed by atoms with Crippen molar-refractivity contribution in [3.05, 3.63) is 41.1 Å². The molecule has 1 aliphatic rings. The maximum absolute atomic E-state index is 11.7. The molecule has 19 heavy (non-hydrogen) atoms. The Kier molecular flexibility index (Phi) is 2.94. The molecule has 3 N–H and O–H groups in total. The highest BCUT2D eigenvalue weighted by Gasteiger charge is 2.28. The molecule has 6 heteroatoms. The van der Waals surface area contributed by atoms with Crippen LogP contribution in [0.2, 0.25) is 0 Å². The van der Waals surface area contributed by atoms with Gasteiger partial charge in [-0.2, -0.15) is 5.10 Å². The highest BCUT2D eigenvalue weighted by Crippen LogP contribution is 2.42. The molecule has 0 radical (unpaired) electrons. The van der Waals surface area contributed by atoms with Crippen molar-refractivity contribution in [3.63, 3.8) is 0 Å². The number of nitrogens with one attached hydrogen (secondary N) is 2. The lowest BCUT2D eigenvalue weighted by molar-refractivity contribution is -0.113. The van der Waals surface area contributed by atoms with Crippen molar-refractivity contribution in [1.29, 1.82) is 0 Å². The number of rotatable bonds is 1. The summed E-state index contributed by atoms with van der Waals surface area (Å²) in [5.41, 5.74) is 2.87. The van der Waals surface area contributed by atoms with Crippen molar-refractivity contribution in [2.45, 2.75) is 12.2 Å². The zero-order valence-corrected chi connectivity index (χ0v) is 11.1. The number of fused-ring (bicyclic) bond motifs is 1. The average molecular weight is 275 g/mol. The van der Waals surface area contributed by atoms with E-state index in [0.717, 1.165) is 16.8 Å². The molecule has 0 spiro atoms. The van der Waals surface area contributed by atoms with Gasteiger partial charge in [-0.3, -0.25) is 9.89 Å². The number of aromatic nitrogens is 2. The molecular formula is C13H13N3O2S. The van der Waals surface area contributed by atoms with Gasteiger partial charge in [0.15, 0.2) is 5.82 Å². The molecule has 1 aliphatic heterocycles. The Labute approximate surface area is 114 Å². The van der Waals surface area contributed by atoms with Crippen LogP contribution < -0.4 is 5.32 Å². The van der Waals surface area contributed by atoms with Gasteiger partial charge in [0.2, 0.25) is 5.91 Å². The molecule has 1 aromatic carbocycles. The average Bonchev–Trinajstić information content (AvgIpc) is 2.64. The first kappa shape index (κ1) is 12.1. The van der Waals surface area contributed by atoms with Gasteiger partial charge in [0.25, 0.3) is 0 Å². The summed E-state index contributed by atoms with van der Waals surface area (Å²) in [4.78, 5) is 11.7. The Morgan fingerprint density at radius 3 is 3.11 bits per heavy atom. The van der Waals surface area contributed by atoms with E-state index < -0.39 is 0 Å². The maximum Gasteiger partial charge on any atom is 0.235 e. The molecule has 5 nitrogen and oxygen atoms in total. The molecule has 0 unspecified atom stereocenters. The van der Waals surface area contributed by atoms with Crippen molar-refractivity contribution in [2.24, 2.45) is 0 Å². The summed E-state index contributed by atoms with van der Waals surface area (Å²) >= 11 is 1.53. The predicted molar refractivity (Wildman–Crippen MR) is 74.4 cm³/mol. The van der Waals surface area contributed by atoms with Gasteiger partial charge < -0.3 is 10.4 Å². The normalized spacial score (nSPS) is 18.6. The van der Waals surface area contributed by atoms with Crippen LogP contribution in [-0.4, -0.2) is 27.0 Å². The monoisotopic (exact) mass is 275 g/mol. The second kappa shape index (κ2) is 4.62. The molecule has 2 aromatic rings. The Morgan fingerprint density at radius 2 is 2.32 bits per heavy atom. The molecular weight excluding hydrogens is 262 g/mol. The molecule has 98 valence electrons. The maximum atomic E-state index is 11.7. The Hall–Kier alpha value is -1.95. The summed E-state index contributed by atoms with van der Waals surface area (Å²) in [5.74, 6) is 1.13.